The quantitative estimate of drug-likeness (QED) is 0.458. The fourth-order valence-corrected chi connectivity index (χ4v) is 4.68. The Morgan fingerprint density at radius 2 is 1.95 bits per heavy atom. The number of nitrogens with zero attached hydrogens (tertiary/aromatic N) is 5. The first-order valence-corrected chi connectivity index (χ1v) is 12.5. The van der Waals surface area contributed by atoms with E-state index in [0.29, 0.717) is 50.0 Å². The van der Waals surface area contributed by atoms with E-state index in [-0.39, 0.29) is 5.82 Å². The van der Waals surface area contributed by atoms with Crippen LogP contribution in [0.25, 0.3) is 17.0 Å². The number of amidine groups is 1. The molecule has 0 radical (unpaired) electrons. The van der Waals surface area contributed by atoms with Crippen molar-refractivity contribution in [3.8, 4) is 11.4 Å². The van der Waals surface area contributed by atoms with Gasteiger partial charge in [-0.05, 0) is 37.3 Å². The van der Waals surface area contributed by atoms with E-state index in [0.717, 1.165) is 47.3 Å². The number of rotatable bonds is 7. The average Bonchev–Trinajstić information content (AvgIpc) is 3.57. The Balaban J connectivity index is 1.26. The van der Waals surface area contributed by atoms with Crippen molar-refractivity contribution in [3.05, 3.63) is 83.3 Å². The Morgan fingerprint density at radius 1 is 1.08 bits per heavy atom. The number of aromatic amines is 1. The standard InChI is InChI=1S/C27H29FN8O/c1-18-4-2-7-22(32-18)27-26(20-8-9-24-30-17-31-36(24)16-20)33-23(34-27)14-29-21-6-3-5-19(25(21)28)15-35-10-12-37-13-11-35/h2-9,16,29,31H,10-15,17H2,1H3,(H,33,34). The summed E-state index contributed by atoms with van der Waals surface area (Å²) < 4.78 is 20.7. The Labute approximate surface area is 214 Å². The van der Waals surface area contributed by atoms with Crippen LogP contribution >= 0.6 is 0 Å². The maximum atomic E-state index is 15.3. The SMILES string of the molecule is Cc1cccc(-c2[nH]c(CNc3cccc(CN4CCOCC4)c3F)nc2C2=CN3NCN=C3C=C2)n1. The number of hydrazine groups is 1. The summed E-state index contributed by atoms with van der Waals surface area (Å²) in [5, 5.41) is 5.13. The second kappa shape index (κ2) is 10.3. The van der Waals surface area contributed by atoms with Gasteiger partial charge in [0.2, 0.25) is 0 Å². The molecular formula is C27H29FN8O. The number of morpholine rings is 1. The van der Waals surface area contributed by atoms with E-state index in [1.165, 1.54) is 0 Å². The molecule has 3 aliphatic rings. The minimum atomic E-state index is -0.230. The zero-order valence-electron chi connectivity index (χ0n) is 20.7. The summed E-state index contributed by atoms with van der Waals surface area (Å²) >= 11 is 0. The maximum Gasteiger partial charge on any atom is 0.150 e. The molecule has 3 aromatic rings. The van der Waals surface area contributed by atoms with Gasteiger partial charge in [-0.2, -0.15) is 0 Å². The minimum absolute atomic E-state index is 0.230. The number of hydrogen-bond acceptors (Lipinski definition) is 8. The van der Waals surface area contributed by atoms with Gasteiger partial charge in [-0.1, -0.05) is 18.2 Å². The summed E-state index contributed by atoms with van der Waals surface area (Å²) in [6.45, 7) is 6.40. The highest BCUT2D eigenvalue weighted by Crippen LogP contribution is 2.30. The highest BCUT2D eigenvalue weighted by atomic mass is 19.1. The number of benzene rings is 1. The maximum absolute atomic E-state index is 15.3. The number of H-pyrrole nitrogens is 1. The topological polar surface area (TPSA) is 93.7 Å². The molecule has 1 saturated heterocycles. The largest absolute Gasteiger partial charge is 0.379 e. The van der Waals surface area contributed by atoms with Crippen molar-refractivity contribution in [1.82, 2.24) is 30.3 Å². The summed E-state index contributed by atoms with van der Waals surface area (Å²) in [6, 6.07) is 11.4. The number of pyridine rings is 1. The van der Waals surface area contributed by atoms with Crippen LogP contribution in [0.15, 0.2) is 59.7 Å². The highest BCUT2D eigenvalue weighted by Gasteiger charge is 2.22. The van der Waals surface area contributed by atoms with Gasteiger partial charge in [0, 0.05) is 42.7 Å². The monoisotopic (exact) mass is 500 g/mol. The summed E-state index contributed by atoms with van der Waals surface area (Å²) in [5.74, 6) is 1.32. The van der Waals surface area contributed by atoms with Crippen LogP contribution in [0.4, 0.5) is 10.1 Å². The van der Waals surface area contributed by atoms with Gasteiger partial charge >= 0.3 is 0 Å². The molecule has 0 saturated carbocycles. The third-order valence-corrected chi connectivity index (χ3v) is 6.60. The normalized spacial score (nSPS) is 17.5. The zero-order chi connectivity index (χ0) is 25.2. The van der Waals surface area contributed by atoms with Gasteiger partial charge in [-0.3, -0.25) is 14.9 Å². The molecule has 1 fully saturated rings. The Kier molecular flexibility index (Phi) is 6.52. The van der Waals surface area contributed by atoms with Crippen molar-refractivity contribution >= 4 is 17.1 Å². The number of anilines is 1. The van der Waals surface area contributed by atoms with Gasteiger partial charge in [-0.25, -0.2) is 19.8 Å². The lowest BCUT2D eigenvalue weighted by Gasteiger charge is -2.27. The number of fused-ring (bicyclic) bond motifs is 1. The molecular weight excluding hydrogens is 471 g/mol. The predicted molar refractivity (Wildman–Crippen MR) is 141 cm³/mol. The smallest absolute Gasteiger partial charge is 0.150 e. The van der Waals surface area contributed by atoms with Gasteiger partial charge in [-0.15, -0.1) is 0 Å². The summed E-state index contributed by atoms with van der Waals surface area (Å²) in [5.41, 5.74) is 8.57. The molecule has 5 heterocycles. The number of allylic oxidation sites excluding steroid dienone is 2. The average molecular weight is 501 g/mol. The van der Waals surface area contributed by atoms with E-state index in [4.69, 9.17) is 14.7 Å². The first-order chi connectivity index (χ1) is 18.1. The lowest BCUT2D eigenvalue weighted by molar-refractivity contribution is 0.0337. The van der Waals surface area contributed by atoms with E-state index < -0.39 is 0 Å². The van der Waals surface area contributed by atoms with Gasteiger partial charge in [0.25, 0.3) is 0 Å². The van der Waals surface area contributed by atoms with Crippen LogP contribution in [0, 0.1) is 12.7 Å². The second-order valence-electron chi connectivity index (χ2n) is 9.21. The van der Waals surface area contributed by atoms with Gasteiger partial charge in [0.05, 0.1) is 42.5 Å². The predicted octanol–water partition coefficient (Wildman–Crippen LogP) is 3.45. The Morgan fingerprint density at radius 3 is 2.81 bits per heavy atom. The van der Waals surface area contributed by atoms with E-state index >= 15 is 4.39 Å². The molecule has 0 aliphatic carbocycles. The zero-order valence-corrected chi connectivity index (χ0v) is 20.7. The Bertz CT molecular complexity index is 1390. The summed E-state index contributed by atoms with van der Waals surface area (Å²) in [4.78, 5) is 19.6. The second-order valence-corrected chi connectivity index (χ2v) is 9.21. The molecule has 0 spiro atoms. The van der Waals surface area contributed by atoms with Crippen LogP contribution in [0.2, 0.25) is 0 Å². The van der Waals surface area contributed by atoms with Crippen molar-refractivity contribution < 1.29 is 9.13 Å². The molecule has 10 heteroatoms. The third-order valence-electron chi connectivity index (χ3n) is 6.60. The number of aryl methyl sites for hydroxylation is 1. The number of aliphatic imine (C=N–C) groups is 1. The van der Waals surface area contributed by atoms with Crippen molar-refractivity contribution in [2.75, 3.05) is 38.3 Å². The van der Waals surface area contributed by atoms with Gasteiger partial charge in [0.15, 0.2) is 5.82 Å². The first-order valence-electron chi connectivity index (χ1n) is 12.5. The van der Waals surface area contributed by atoms with Crippen LogP contribution < -0.4 is 10.7 Å². The summed E-state index contributed by atoms with van der Waals surface area (Å²) in [6.07, 6.45) is 5.95. The van der Waals surface area contributed by atoms with Crippen LogP contribution in [0.5, 0.6) is 0 Å². The van der Waals surface area contributed by atoms with E-state index in [1.54, 1.807) is 6.07 Å². The highest BCUT2D eigenvalue weighted by molar-refractivity contribution is 6.00. The fourth-order valence-electron chi connectivity index (χ4n) is 4.68. The van der Waals surface area contributed by atoms with E-state index in [1.807, 2.05) is 60.6 Å². The molecule has 2 aromatic heterocycles. The van der Waals surface area contributed by atoms with E-state index in [2.05, 4.69) is 25.6 Å². The van der Waals surface area contributed by atoms with Crippen molar-refractivity contribution in [1.29, 1.82) is 0 Å². The van der Waals surface area contributed by atoms with Crippen LogP contribution in [0.1, 0.15) is 22.8 Å². The van der Waals surface area contributed by atoms with Crippen molar-refractivity contribution in [3.63, 3.8) is 0 Å². The molecule has 9 nitrogen and oxygen atoms in total. The Hall–Kier alpha value is -3.86. The van der Waals surface area contributed by atoms with E-state index in [9.17, 15) is 0 Å². The van der Waals surface area contributed by atoms with Gasteiger partial charge in [0.1, 0.15) is 18.3 Å². The number of ether oxygens (including phenoxy) is 1. The lowest BCUT2D eigenvalue weighted by atomic mass is 10.1. The van der Waals surface area contributed by atoms with Crippen LogP contribution in [-0.4, -0.2) is 63.7 Å². The molecule has 0 bridgehead atoms. The summed E-state index contributed by atoms with van der Waals surface area (Å²) in [7, 11) is 0. The molecule has 3 N–H and O–H groups in total. The molecule has 37 heavy (non-hydrogen) atoms. The van der Waals surface area contributed by atoms with Crippen LogP contribution in [-0.2, 0) is 17.8 Å². The number of nitrogens with one attached hydrogen (secondary N) is 3. The van der Waals surface area contributed by atoms with Crippen molar-refractivity contribution in [2.45, 2.75) is 20.0 Å². The fraction of sp³-hybridized carbons (Fsp3) is 0.296. The molecule has 0 unspecified atom stereocenters. The number of aromatic nitrogens is 3. The van der Waals surface area contributed by atoms with Crippen molar-refractivity contribution in [2.24, 2.45) is 4.99 Å². The lowest BCUT2D eigenvalue weighted by Crippen LogP contribution is -2.35. The third kappa shape index (κ3) is 5.04. The number of hydrogen-bond donors (Lipinski definition) is 3. The minimum Gasteiger partial charge on any atom is -0.379 e. The number of imidazole rings is 1. The number of halogens is 1. The first kappa shape index (κ1) is 23.5. The molecule has 0 atom stereocenters. The van der Waals surface area contributed by atoms with Gasteiger partial charge < -0.3 is 15.0 Å². The molecule has 6 rings (SSSR count). The van der Waals surface area contributed by atoms with Crippen LogP contribution in [0.3, 0.4) is 0 Å². The molecule has 190 valence electrons. The molecule has 1 aromatic carbocycles. The molecule has 0 amide bonds. The molecule has 3 aliphatic heterocycles.